The summed E-state index contributed by atoms with van der Waals surface area (Å²) in [6, 6.07) is 0. The normalized spacial score (nSPS) is 28.9. The van der Waals surface area contributed by atoms with Crippen molar-refractivity contribution in [2.24, 2.45) is 0 Å². The first-order valence-corrected chi connectivity index (χ1v) is 7.23. The molecule has 6 heteroatoms. The van der Waals surface area contributed by atoms with Crippen molar-refractivity contribution in [3.63, 3.8) is 0 Å². The molecule has 0 radical (unpaired) electrons. The van der Waals surface area contributed by atoms with Gasteiger partial charge in [0.25, 0.3) is 5.92 Å². The van der Waals surface area contributed by atoms with E-state index in [1.54, 1.807) is 0 Å². The summed E-state index contributed by atoms with van der Waals surface area (Å²) in [5, 5.41) is 0. The lowest BCUT2D eigenvalue weighted by Gasteiger charge is -2.39. The molecule has 0 aliphatic carbocycles. The molecule has 98 valence electrons. The van der Waals surface area contributed by atoms with Gasteiger partial charge in [0.05, 0.1) is 13.1 Å². The number of likely N-dealkylation sites (tertiary alicyclic amines) is 2. The largest absolute Gasteiger partial charge is 0.330 e. The maximum atomic E-state index is 12.6. The van der Waals surface area contributed by atoms with E-state index in [2.05, 4.69) is 27.5 Å². The van der Waals surface area contributed by atoms with Crippen LogP contribution in [-0.2, 0) is 4.79 Å². The smallest absolute Gasteiger partial charge is 0.282 e. The van der Waals surface area contributed by atoms with E-state index in [1.807, 2.05) is 0 Å². The maximum absolute atomic E-state index is 12.6. The minimum Gasteiger partial charge on any atom is -0.330 e. The van der Waals surface area contributed by atoms with Gasteiger partial charge in [0.1, 0.15) is 0 Å². The van der Waals surface area contributed by atoms with Gasteiger partial charge in [-0.2, -0.15) is 0 Å². The molecule has 0 unspecified atom stereocenters. The molecule has 0 N–H and O–H groups in total. The molecule has 2 aliphatic heterocycles. The summed E-state index contributed by atoms with van der Waals surface area (Å²) in [4.78, 5) is 15.1. The van der Waals surface area contributed by atoms with E-state index < -0.39 is 5.92 Å². The number of piperidine rings is 1. The summed E-state index contributed by atoms with van der Waals surface area (Å²) in [7, 11) is 0. The van der Waals surface area contributed by atoms with E-state index in [0.29, 0.717) is 16.9 Å². The van der Waals surface area contributed by atoms with Crippen LogP contribution in [-0.4, -0.2) is 58.3 Å². The van der Waals surface area contributed by atoms with Gasteiger partial charge in [-0.25, -0.2) is 8.78 Å². The molecule has 2 saturated heterocycles. The predicted molar refractivity (Wildman–Crippen MR) is 69.6 cm³/mol. The lowest BCUT2D eigenvalue weighted by Crippen LogP contribution is -2.58. The second-order valence-corrected chi connectivity index (χ2v) is 6.66. The summed E-state index contributed by atoms with van der Waals surface area (Å²) in [5.41, 5.74) is 0. The Balaban J connectivity index is 1.66. The van der Waals surface area contributed by atoms with E-state index in [9.17, 15) is 13.6 Å². The molecule has 2 aliphatic rings. The molecule has 0 aromatic rings. The number of carbonyl (C=O) groups is 1. The van der Waals surface area contributed by atoms with Crippen LogP contribution in [0, 0.1) is 0 Å². The Morgan fingerprint density at radius 1 is 1.41 bits per heavy atom. The number of nitrogens with zero attached hydrogens (tertiary/aromatic N) is 2. The van der Waals surface area contributed by atoms with Crippen LogP contribution in [0.3, 0.4) is 0 Å². The van der Waals surface area contributed by atoms with Gasteiger partial charge in [-0.1, -0.05) is 22.6 Å². The molecule has 0 saturated carbocycles. The molecular formula is C11H17F2IN2O. The lowest BCUT2D eigenvalue weighted by molar-refractivity contribution is -0.166. The van der Waals surface area contributed by atoms with Crippen LogP contribution in [0.4, 0.5) is 8.78 Å². The molecule has 2 fully saturated rings. The monoisotopic (exact) mass is 358 g/mol. The van der Waals surface area contributed by atoms with Gasteiger partial charge in [-0.05, 0) is 19.4 Å². The Morgan fingerprint density at radius 2 is 2.12 bits per heavy atom. The highest BCUT2D eigenvalue weighted by atomic mass is 127. The molecule has 0 spiro atoms. The Morgan fingerprint density at radius 3 is 2.71 bits per heavy atom. The number of amides is 1. The zero-order valence-corrected chi connectivity index (χ0v) is 11.8. The van der Waals surface area contributed by atoms with Gasteiger partial charge in [0.15, 0.2) is 0 Å². The minimum absolute atomic E-state index is 0.133. The molecule has 3 nitrogen and oxygen atoms in total. The molecular weight excluding hydrogens is 341 g/mol. The molecule has 17 heavy (non-hydrogen) atoms. The van der Waals surface area contributed by atoms with Crippen molar-refractivity contribution < 1.29 is 13.6 Å². The van der Waals surface area contributed by atoms with Gasteiger partial charge >= 0.3 is 0 Å². The molecule has 0 bridgehead atoms. The van der Waals surface area contributed by atoms with Crippen LogP contribution in [0.2, 0.25) is 0 Å². The van der Waals surface area contributed by atoms with Crippen molar-refractivity contribution in [1.82, 2.24) is 9.80 Å². The number of rotatable bonds is 3. The number of alkyl halides is 3. The highest BCUT2D eigenvalue weighted by Gasteiger charge is 2.45. The predicted octanol–water partition coefficient (Wildman–Crippen LogP) is 1.75. The van der Waals surface area contributed by atoms with Crippen LogP contribution in [0.1, 0.15) is 19.3 Å². The minimum atomic E-state index is -2.64. The standard InChI is InChI=1S/C11H17F2IN2O/c12-11(13)7-16(8-11)10(17)3-5-15-4-1-2-9(14)6-15/h9H,1-8H2/t9-/m0/s1. The average molecular weight is 358 g/mol. The number of halogens is 3. The summed E-state index contributed by atoms with van der Waals surface area (Å²) < 4.78 is 25.8. The SMILES string of the molecule is O=C(CCN1CCC[C@H](I)C1)N1CC(F)(F)C1. The first kappa shape index (κ1) is 13.5. The van der Waals surface area contributed by atoms with Crippen molar-refractivity contribution >= 4 is 28.5 Å². The zero-order valence-electron chi connectivity index (χ0n) is 9.67. The second kappa shape index (κ2) is 5.34. The van der Waals surface area contributed by atoms with E-state index >= 15 is 0 Å². The summed E-state index contributed by atoms with van der Waals surface area (Å²) in [5.74, 6) is -2.78. The summed E-state index contributed by atoms with van der Waals surface area (Å²) in [6.07, 6.45) is 2.78. The number of hydrogen-bond donors (Lipinski definition) is 0. The summed E-state index contributed by atoms with van der Waals surface area (Å²) >= 11 is 2.43. The fraction of sp³-hybridized carbons (Fsp3) is 0.909. The molecule has 0 aromatic heterocycles. The van der Waals surface area contributed by atoms with E-state index in [0.717, 1.165) is 13.1 Å². The van der Waals surface area contributed by atoms with Crippen LogP contribution < -0.4 is 0 Å². The van der Waals surface area contributed by atoms with Gasteiger partial charge in [-0.3, -0.25) is 4.79 Å². The third-order valence-corrected chi connectivity index (χ3v) is 4.30. The van der Waals surface area contributed by atoms with Crippen molar-refractivity contribution in [2.45, 2.75) is 29.1 Å². The Labute approximate surface area is 114 Å². The van der Waals surface area contributed by atoms with Gasteiger partial charge in [0, 0.05) is 23.4 Å². The summed E-state index contributed by atoms with van der Waals surface area (Å²) in [6.45, 7) is 1.98. The number of carbonyl (C=O) groups excluding carboxylic acids is 1. The van der Waals surface area contributed by atoms with Crippen LogP contribution >= 0.6 is 22.6 Å². The van der Waals surface area contributed by atoms with Gasteiger partial charge in [-0.15, -0.1) is 0 Å². The van der Waals surface area contributed by atoms with Gasteiger partial charge < -0.3 is 9.80 Å². The third-order valence-electron chi connectivity index (χ3n) is 3.29. The first-order chi connectivity index (χ1) is 7.96. The Hall–Kier alpha value is 0.0200. The van der Waals surface area contributed by atoms with Crippen molar-refractivity contribution in [2.75, 3.05) is 32.7 Å². The quantitative estimate of drug-likeness (QED) is 0.567. The van der Waals surface area contributed by atoms with E-state index in [4.69, 9.17) is 0 Å². The molecule has 2 heterocycles. The van der Waals surface area contributed by atoms with Crippen LogP contribution in [0.15, 0.2) is 0 Å². The Kier molecular flexibility index (Phi) is 4.22. The average Bonchev–Trinajstić information content (AvgIpc) is 2.22. The van der Waals surface area contributed by atoms with Gasteiger partial charge in [0.2, 0.25) is 5.91 Å². The molecule has 1 atom stereocenters. The van der Waals surface area contributed by atoms with Crippen LogP contribution in [0.25, 0.3) is 0 Å². The van der Waals surface area contributed by atoms with Crippen molar-refractivity contribution in [3.8, 4) is 0 Å². The fourth-order valence-corrected chi connectivity index (χ4v) is 3.30. The zero-order chi connectivity index (χ0) is 12.5. The Bertz CT molecular complexity index is 293. The lowest BCUT2D eigenvalue weighted by atomic mass is 10.1. The van der Waals surface area contributed by atoms with Crippen molar-refractivity contribution in [3.05, 3.63) is 0 Å². The fourth-order valence-electron chi connectivity index (χ4n) is 2.30. The van der Waals surface area contributed by atoms with E-state index in [1.165, 1.54) is 17.7 Å². The highest BCUT2D eigenvalue weighted by Crippen LogP contribution is 2.27. The molecule has 1 amide bonds. The molecule has 2 rings (SSSR count). The second-order valence-electron chi connectivity index (χ2n) is 4.90. The first-order valence-electron chi connectivity index (χ1n) is 5.98. The van der Waals surface area contributed by atoms with Crippen LogP contribution in [0.5, 0.6) is 0 Å². The third kappa shape index (κ3) is 3.74. The molecule has 0 aromatic carbocycles. The van der Waals surface area contributed by atoms with Crippen molar-refractivity contribution in [1.29, 1.82) is 0 Å². The highest BCUT2D eigenvalue weighted by molar-refractivity contribution is 14.1. The van der Waals surface area contributed by atoms with E-state index in [-0.39, 0.29) is 19.0 Å². The topological polar surface area (TPSA) is 23.6 Å². The number of hydrogen-bond acceptors (Lipinski definition) is 2. The maximum Gasteiger partial charge on any atom is 0.282 e.